The maximum atomic E-state index is 11.7. The van der Waals surface area contributed by atoms with Gasteiger partial charge in [0.1, 0.15) is 12.1 Å². The van der Waals surface area contributed by atoms with Gasteiger partial charge in [-0.25, -0.2) is 4.79 Å². The number of hydrogen-bond donors (Lipinski definition) is 1. The molecule has 2 N–H and O–H groups in total. The normalized spacial score (nSPS) is 19.8. The molecule has 1 aromatic carbocycles. The van der Waals surface area contributed by atoms with Crippen LogP contribution in [0, 0.1) is 0 Å². The van der Waals surface area contributed by atoms with E-state index >= 15 is 0 Å². The molecule has 1 fully saturated rings. The lowest BCUT2D eigenvalue weighted by Gasteiger charge is -2.40. The fourth-order valence-corrected chi connectivity index (χ4v) is 2.89. The van der Waals surface area contributed by atoms with Gasteiger partial charge in [-0.2, -0.15) is 0 Å². The molecule has 19 heavy (non-hydrogen) atoms. The van der Waals surface area contributed by atoms with Gasteiger partial charge in [0.25, 0.3) is 0 Å². The Morgan fingerprint density at radius 1 is 1.53 bits per heavy atom. The van der Waals surface area contributed by atoms with Crippen LogP contribution < -0.4 is 5.73 Å². The summed E-state index contributed by atoms with van der Waals surface area (Å²) in [6.45, 7) is 0.411. The van der Waals surface area contributed by atoms with Crippen molar-refractivity contribution < 1.29 is 14.3 Å². The molecule has 0 bridgehead atoms. The van der Waals surface area contributed by atoms with Crippen LogP contribution in [0.4, 0.5) is 0 Å². The van der Waals surface area contributed by atoms with Crippen molar-refractivity contribution in [3.63, 3.8) is 0 Å². The number of nitrogens with two attached hydrogens (primary N) is 1. The van der Waals surface area contributed by atoms with Crippen molar-refractivity contribution >= 4 is 23.6 Å². The van der Waals surface area contributed by atoms with Crippen molar-refractivity contribution in [1.29, 1.82) is 0 Å². The van der Waals surface area contributed by atoms with Crippen molar-refractivity contribution in [2.45, 2.75) is 17.0 Å². The first-order chi connectivity index (χ1) is 9.13. The third kappa shape index (κ3) is 3.08. The van der Waals surface area contributed by atoms with E-state index < -0.39 is 18.1 Å². The predicted molar refractivity (Wildman–Crippen MR) is 72.7 cm³/mol. The highest BCUT2D eigenvalue weighted by molar-refractivity contribution is 7.99. The second kappa shape index (κ2) is 6.08. The molecule has 1 saturated heterocycles. The average molecular weight is 280 g/mol. The number of likely N-dealkylation sites (tertiary alicyclic amines) is 1. The van der Waals surface area contributed by atoms with Gasteiger partial charge in [-0.3, -0.25) is 4.79 Å². The van der Waals surface area contributed by atoms with Gasteiger partial charge in [0.2, 0.25) is 5.91 Å². The highest BCUT2D eigenvalue weighted by Crippen LogP contribution is 2.23. The SMILES string of the molecule is COC(=O)C(CSc1ccccc1)N1CC(N)C1=O. The van der Waals surface area contributed by atoms with Crippen molar-refractivity contribution in [3.8, 4) is 0 Å². The van der Waals surface area contributed by atoms with E-state index in [1.54, 1.807) is 0 Å². The molecule has 1 aromatic rings. The van der Waals surface area contributed by atoms with Crippen LogP contribution in [0.25, 0.3) is 0 Å². The van der Waals surface area contributed by atoms with Crippen molar-refractivity contribution in [2.24, 2.45) is 5.73 Å². The van der Waals surface area contributed by atoms with Gasteiger partial charge in [-0.15, -0.1) is 11.8 Å². The number of benzene rings is 1. The van der Waals surface area contributed by atoms with Gasteiger partial charge in [0.15, 0.2) is 0 Å². The number of nitrogens with zero attached hydrogens (tertiary/aromatic N) is 1. The minimum Gasteiger partial charge on any atom is -0.467 e. The molecule has 102 valence electrons. The Kier molecular flexibility index (Phi) is 4.44. The number of methoxy groups -OCH3 is 1. The summed E-state index contributed by atoms with van der Waals surface area (Å²) in [7, 11) is 1.33. The van der Waals surface area contributed by atoms with Crippen LogP contribution in [-0.2, 0) is 14.3 Å². The maximum Gasteiger partial charge on any atom is 0.329 e. The molecule has 1 heterocycles. The zero-order valence-electron chi connectivity index (χ0n) is 10.6. The largest absolute Gasteiger partial charge is 0.467 e. The summed E-state index contributed by atoms with van der Waals surface area (Å²) in [5.74, 6) is -0.123. The molecule has 5 nitrogen and oxygen atoms in total. The minimum absolute atomic E-state index is 0.191. The molecule has 1 aliphatic rings. The minimum atomic E-state index is -0.567. The Hall–Kier alpha value is -1.53. The Bertz CT molecular complexity index is 466. The van der Waals surface area contributed by atoms with E-state index in [0.717, 1.165) is 4.90 Å². The molecular weight excluding hydrogens is 264 g/mol. The predicted octanol–water partition coefficient (Wildman–Crippen LogP) is 0.490. The van der Waals surface area contributed by atoms with E-state index in [9.17, 15) is 9.59 Å². The number of amides is 1. The van der Waals surface area contributed by atoms with Crippen LogP contribution in [0.2, 0.25) is 0 Å². The van der Waals surface area contributed by atoms with E-state index in [0.29, 0.717) is 12.3 Å². The first kappa shape index (κ1) is 13.9. The summed E-state index contributed by atoms with van der Waals surface area (Å²) < 4.78 is 4.75. The van der Waals surface area contributed by atoms with Crippen molar-refractivity contribution in [2.75, 3.05) is 19.4 Å². The van der Waals surface area contributed by atoms with Crippen LogP contribution in [0.1, 0.15) is 0 Å². The lowest BCUT2D eigenvalue weighted by Crippen LogP contribution is -2.66. The number of thioether (sulfide) groups is 1. The first-order valence-electron chi connectivity index (χ1n) is 5.95. The maximum absolute atomic E-state index is 11.7. The second-order valence-electron chi connectivity index (χ2n) is 4.26. The molecule has 0 radical (unpaired) electrons. The summed E-state index contributed by atoms with van der Waals surface area (Å²) in [5.41, 5.74) is 5.55. The van der Waals surface area contributed by atoms with Gasteiger partial charge < -0.3 is 15.4 Å². The molecule has 1 amide bonds. The summed E-state index contributed by atoms with van der Waals surface area (Å²) in [6, 6.07) is 8.67. The molecular formula is C13H16N2O3S. The van der Waals surface area contributed by atoms with Crippen molar-refractivity contribution in [1.82, 2.24) is 4.90 Å². The number of carbonyl (C=O) groups excluding carboxylic acids is 2. The number of hydrogen-bond acceptors (Lipinski definition) is 5. The standard InChI is InChI=1S/C13H16N2O3S/c1-18-13(17)11(15-7-10(14)12(15)16)8-19-9-5-3-2-4-6-9/h2-6,10-11H,7-8,14H2,1H3. The molecule has 0 spiro atoms. The van der Waals surface area contributed by atoms with Gasteiger partial charge in [-0.1, -0.05) is 18.2 Å². The van der Waals surface area contributed by atoms with E-state index in [2.05, 4.69) is 0 Å². The van der Waals surface area contributed by atoms with Gasteiger partial charge in [-0.05, 0) is 12.1 Å². The smallest absolute Gasteiger partial charge is 0.329 e. The third-order valence-corrected chi connectivity index (χ3v) is 4.08. The zero-order valence-corrected chi connectivity index (χ0v) is 11.4. The molecule has 2 atom stereocenters. The molecule has 1 aliphatic heterocycles. The average Bonchev–Trinajstić information content (AvgIpc) is 2.46. The van der Waals surface area contributed by atoms with Crippen molar-refractivity contribution in [3.05, 3.63) is 30.3 Å². The summed E-state index contributed by atoms with van der Waals surface area (Å²) in [5, 5.41) is 0. The molecule has 0 saturated carbocycles. The van der Waals surface area contributed by atoms with Crippen LogP contribution in [0.5, 0.6) is 0 Å². The lowest BCUT2D eigenvalue weighted by molar-refractivity contribution is -0.158. The number of β-lactam (4-membered cyclic amide) rings is 1. The van der Waals surface area contributed by atoms with Gasteiger partial charge >= 0.3 is 5.97 Å². The summed E-state index contributed by atoms with van der Waals surface area (Å²) >= 11 is 1.52. The van der Waals surface area contributed by atoms with Crippen LogP contribution in [0.15, 0.2) is 35.2 Å². The van der Waals surface area contributed by atoms with Gasteiger partial charge in [0, 0.05) is 17.2 Å². The number of rotatable bonds is 5. The molecule has 2 unspecified atom stereocenters. The van der Waals surface area contributed by atoms with Crippen LogP contribution in [0.3, 0.4) is 0 Å². The number of esters is 1. The Balaban J connectivity index is 1.99. The second-order valence-corrected chi connectivity index (χ2v) is 5.35. The molecule has 2 rings (SSSR count). The lowest BCUT2D eigenvalue weighted by atomic mass is 10.1. The third-order valence-electron chi connectivity index (χ3n) is 2.99. The molecule has 6 heteroatoms. The van der Waals surface area contributed by atoms with Crippen LogP contribution in [-0.4, -0.2) is 48.3 Å². The van der Waals surface area contributed by atoms with E-state index in [4.69, 9.17) is 10.5 Å². The number of ether oxygens (including phenoxy) is 1. The van der Waals surface area contributed by atoms with E-state index in [1.807, 2.05) is 30.3 Å². The van der Waals surface area contributed by atoms with E-state index in [-0.39, 0.29) is 5.91 Å². The fraction of sp³-hybridized carbons (Fsp3) is 0.385. The Morgan fingerprint density at radius 3 is 2.74 bits per heavy atom. The fourth-order valence-electron chi connectivity index (χ4n) is 1.87. The first-order valence-corrected chi connectivity index (χ1v) is 6.93. The number of carbonyl (C=O) groups is 2. The van der Waals surface area contributed by atoms with Gasteiger partial charge in [0.05, 0.1) is 7.11 Å². The highest BCUT2D eigenvalue weighted by atomic mass is 32.2. The molecule has 0 aliphatic carbocycles. The van der Waals surface area contributed by atoms with Crippen LogP contribution >= 0.6 is 11.8 Å². The highest BCUT2D eigenvalue weighted by Gasteiger charge is 2.41. The zero-order chi connectivity index (χ0) is 13.8. The Morgan fingerprint density at radius 2 is 2.21 bits per heavy atom. The molecule has 0 aromatic heterocycles. The van der Waals surface area contributed by atoms with E-state index in [1.165, 1.54) is 23.8 Å². The topological polar surface area (TPSA) is 72.6 Å². The quantitative estimate of drug-likeness (QED) is 0.483. The summed E-state index contributed by atoms with van der Waals surface area (Å²) in [4.78, 5) is 25.9. The Labute approximate surface area is 116 Å². The monoisotopic (exact) mass is 280 g/mol. The summed E-state index contributed by atoms with van der Waals surface area (Å²) in [6.07, 6.45) is 0.